The summed E-state index contributed by atoms with van der Waals surface area (Å²) in [4.78, 5) is 10.5. The molecule has 0 aromatic heterocycles. The highest BCUT2D eigenvalue weighted by Crippen LogP contribution is 2.28. The highest BCUT2D eigenvalue weighted by atomic mass is 79.9. The molecule has 0 atom stereocenters. The van der Waals surface area contributed by atoms with Crippen LogP contribution in [0.1, 0.15) is 5.56 Å². The summed E-state index contributed by atoms with van der Waals surface area (Å²) >= 11 is 3.18. The van der Waals surface area contributed by atoms with Gasteiger partial charge < -0.3 is 10.1 Å². The maximum Gasteiger partial charge on any atom is 0.387 e. The van der Waals surface area contributed by atoms with Crippen LogP contribution in [0.25, 0.3) is 0 Å². The van der Waals surface area contributed by atoms with Crippen LogP contribution in [0, 0.1) is 10.1 Å². The SMILES string of the molecule is O=[N+]([O-])c1cc(Br)ccc1NCc1ccc(OC(F)F)cc1. The monoisotopic (exact) mass is 372 g/mol. The van der Waals surface area contributed by atoms with Crippen LogP contribution in [-0.2, 0) is 6.54 Å². The van der Waals surface area contributed by atoms with E-state index in [1.165, 1.54) is 18.2 Å². The van der Waals surface area contributed by atoms with Crippen molar-refractivity contribution in [2.45, 2.75) is 13.2 Å². The number of alkyl halides is 2. The average molecular weight is 373 g/mol. The van der Waals surface area contributed by atoms with Crippen molar-refractivity contribution in [1.82, 2.24) is 0 Å². The number of hydrogen-bond donors (Lipinski definition) is 1. The molecule has 0 saturated heterocycles. The Labute approximate surface area is 133 Å². The number of halogens is 3. The maximum atomic E-state index is 12.0. The van der Waals surface area contributed by atoms with Crippen LogP contribution in [-0.4, -0.2) is 11.5 Å². The number of nitrogens with zero attached hydrogens (tertiary/aromatic N) is 1. The van der Waals surface area contributed by atoms with Crippen molar-refractivity contribution in [2.75, 3.05) is 5.32 Å². The number of hydrogen-bond acceptors (Lipinski definition) is 4. The quantitative estimate of drug-likeness (QED) is 0.595. The van der Waals surface area contributed by atoms with Gasteiger partial charge in [0.25, 0.3) is 5.69 Å². The Balaban J connectivity index is 2.05. The van der Waals surface area contributed by atoms with E-state index in [0.29, 0.717) is 16.7 Å². The van der Waals surface area contributed by atoms with Crippen LogP contribution in [0.5, 0.6) is 5.75 Å². The first kappa shape index (κ1) is 16.2. The second-order valence-corrected chi connectivity index (χ2v) is 5.21. The fourth-order valence-electron chi connectivity index (χ4n) is 1.79. The van der Waals surface area contributed by atoms with Crippen LogP contribution in [0.15, 0.2) is 46.9 Å². The molecular weight excluding hydrogens is 362 g/mol. The van der Waals surface area contributed by atoms with Crippen molar-refractivity contribution in [3.63, 3.8) is 0 Å². The normalized spacial score (nSPS) is 10.5. The number of ether oxygens (including phenoxy) is 1. The van der Waals surface area contributed by atoms with Crippen molar-refractivity contribution in [3.8, 4) is 5.75 Å². The minimum absolute atomic E-state index is 0.0490. The van der Waals surface area contributed by atoms with Crippen molar-refractivity contribution < 1.29 is 18.4 Å². The number of nitrogens with one attached hydrogen (secondary N) is 1. The Morgan fingerprint density at radius 2 is 1.91 bits per heavy atom. The van der Waals surface area contributed by atoms with Gasteiger partial charge in [-0.3, -0.25) is 10.1 Å². The summed E-state index contributed by atoms with van der Waals surface area (Å²) in [7, 11) is 0. The Morgan fingerprint density at radius 3 is 2.50 bits per heavy atom. The lowest BCUT2D eigenvalue weighted by Crippen LogP contribution is -2.04. The van der Waals surface area contributed by atoms with E-state index in [2.05, 4.69) is 26.0 Å². The topological polar surface area (TPSA) is 64.4 Å². The largest absolute Gasteiger partial charge is 0.435 e. The van der Waals surface area contributed by atoms with Gasteiger partial charge in [0, 0.05) is 17.1 Å². The lowest BCUT2D eigenvalue weighted by molar-refractivity contribution is -0.384. The van der Waals surface area contributed by atoms with Crippen LogP contribution in [0.3, 0.4) is 0 Å². The molecule has 0 radical (unpaired) electrons. The van der Waals surface area contributed by atoms with E-state index in [1.807, 2.05) is 0 Å². The number of rotatable bonds is 6. The third-order valence-corrected chi connectivity index (χ3v) is 3.28. The van der Waals surface area contributed by atoms with Crippen molar-refractivity contribution in [3.05, 3.63) is 62.6 Å². The molecule has 0 unspecified atom stereocenters. The summed E-state index contributed by atoms with van der Waals surface area (Å²) in [5.41, 5.74) is 1.10. The summed E-state index contributed by atoms with van der Waals surface area (Å²) in [6.45, 7) is -2.55. The first-order valence-electron chi connectivity index (χ1n) is 6.17. The van der Waals surface area contributed by atoms with Crippen molar-refractivity contribution >= 4 is 27.3 Å². The average Bonchev–Trinajstić information content (AvgIpc) is 2.46. The maximum absolute atomic E-state index is 12.0. The van der Waals surface area contributed by atoms with E-state index in [9.17, 15) is 18.9 Å². The number of anilines is 1. The first-order valence-corrected chi connectivity index (χ1v) is 6.96. The lowest BCUT2D eigenvalue weighted by Gasteiger charge is -2.09. The highest BCUT2D eigenvalue weighted by Gasteiger charge is 2.13. The standard InChI is InChI=1S/C14H11BrF2N2O3/c15-10-3-6-12(13(7-10)19(20)21)18-8-9-1-4-11(5-2-9)22-14(16)17/h1-7,14,18H,8H2. The molecule has 0 saturated carbocycles. The summed E-state index contributed by atoms with van der Waals surface area (Å²) in [5.74, 6) is 0.0633. The number of nitro benzene ring substituents is 1. The summed E-state index contributed by atoms with van der Waals surface area (Å²) in [6.07, 6.45) is 0. The van der Waals surface area contributed by atoms with Gasteiger partial charge in [-0.05, 0) is 29.8 Å². The zero-order valence-electron chi connectivity index (χ0n) is 11.1. The van der Waals surface area contributed by atoms with Gasteiger partial charge in [-0.2, -0.15) is 8.78 Å². The highest BCUT2D eigenvalue weighted by molar-refractivity contribution is 9.10. The fraction of sp³-hybridized carbons (Fsp3) is 0.143. The first-order chi connectivity index (χ1) is 10.5. The van der Waals surface area contributed by atoms with Gasteiger partial charge in [0.1, 0.15) is 11.4 Å². The molecule has 0 aliphatic heterocycles. The molecule has 0 bridgehead atoms. The molecular formula is C14H11BrF2N2O3. The molecule has 116 valence electrons. The van der Waals surface area contributed by atoms with Crippen LogP contribution >= 0.6 is 15.9 Å². The Morgan fingerprint density at radius 1 is 1.23 bits per heavy atom. The van der Waals surface area contributed by atoms with Crippen LogP contribution in [0.2, 0.25) is 0 Å². The molecule has 0 fully saturated rings. The van der Waals surface area contributed by atoms with E-state index in [0.717, 1.165) is 5.56 Å². The lowest BCUT2D eigenvalue weighted by atomic mass is 10.2. The molecule has 0 heterocycles. The van der Waals surface area contributed by atoms with Gasteiger partial charge in [-0.15, -0.1) is 0 Å². The molecule has 2 aromatic rings. The molecule has 0 amide bonds. The summed E-state index contributed by atoms with van der Waals surface area (Å²) < 4.78 is 28.9. The van der Waals surface area contributed by atoms with E-state index in [4.69, 9.17) is 0 Å². The molecule has 2 aromatic carbocycles. The zero-order valence-corrected chi connectivity index (χ0v) is 12.7. The molecule has 1 N–H and O–H groups in total. The minimum Gasteiger partial charge on any atom is -0.435 e. The van der Waals surface area contributed by atoms with Crippen molar-refractivity contribution in [1.29, 1.82) is 0 Å². The number of benzene rings is 2. The van der Waals surface area contributed by atoms with Gasteiger partial charge in [0.05, 0.1) is 4.92 Å². The Hall–Kier alpha value is -2.22. The van der Waals surface area contributed by atoms with E-state index in [1.54, 1.807) is 24.3 Å². The Bertz CT molecular complexity index is 666. The molecule has 0 aliphatic carbocycles. The van der Waals surface area contributed by atoms with Crippen molar-refractivity contribution in [2.24, 2.45) is 0 Å². The van der Waals surface area contributed by atoms with Crippen LogP contribution < -0.4 is 10.1 Å². The van der Waals surface area contributed by atoms with Gasteiger partial charge in [0.2, 0.25) is 0 Å². The second-order valence-electron chi connectivity index (χ2n) is 4.29. The van der Waals surface area contributed by atoms with Gasteiger partial charge in [0.15, 0.2) is 0 Å². The third-order valence-electron chi connectivity index (χ3n) is 2.79. The van der Waals surface area contributed by atoms with Gasteiger partial charge in [-0.25, -0.2) is 0 Å². The van der Waals surface area contributed by atoms with E-state index < -0.39 is 11.5 Å². The van der Waals surface area contributed by atoms with Crippen LogP contribution in [0.4, 0.5) is 20.2 Å². The third kappa shape index (κ3) is 4.39. The molecule has 22 heavy (non-hydrogen) atoms. The molecule has 0 aliphatic rings. The molecule has 0 spiro atoms. The second kappa shape index (κ2) is 7.17. The molecule has 2 rings (SSSR count). The predicted molar refractivity (Wildman–Crippen MR) is 81.2 cm³/mol. The molecule has 8 heteroatoms. The Kier molecular flexibility index (Phi) is 5.26. The van der Waals surface area contributed by atoms with Gasteiger partial charge >= 0.3 is 6.61 Å². The summed E-state index contributed by atoms with van der Waals surface area (Å²) in [5, 5.41) is 13.9. The van der Waals surface area contributed by atoms with E-state index in [-0.39, 0.29) is 11.4 Å². The fourth-order valence-corrected chi connectivity index (χ4v) is 2.14. The predicted octanol–water partition coefficient (Wildman–Crippen LogP) is 4.57. The number of nitro groups is 1. The minimum atomic E-state index is -2.87. The van der Waals surface area contributed by atoms with E-state index >= 15 is 0 Å². The summed E-state index contributed by atoms with van der Waals surface area (Å²) in [6, 6.07) is 10.7. The van der Waals surface area contributed by atoms with Gasteiger partial charge in [-0.1, -0.05) is 28.1 Å². The molecule has 5 nitrogen and oxygen atoms in total. The smallest absolute Gasteiger partial charge is 0.387 e. The zero-order chi connectivity index (χ0) is 16.1.